The number of hydrogen-bond donors (Lipinski definition) is 3. The first-order valence-electron chi connectivity index (χ1n) is 5.87. The van der Waals surface area contributed by atoms with E-state index in [-0.39, 0.29) is 24.1 Å². The fourth-order valence-electron chi connectivity index (χ4n) is 2.58. The van der Waals surface area contributed by atoms with Gasteiger partial charge in [-0.3, -0.25) is 4.79 Å². The van der Waals surface area contributed by atoms with E-state index in [0.717, 1.165) is 18.4 Å². The van der Waals surface area contributed by atoms with Gasteiger partial charge in [-0.15, -0.1) is 0 Å². The monoisotopic (exact) mass is 235 g/mol. The highest BCUT2D eigenvalue weighted by Gasteiger charge is 2.29. The third-order valence-electron chi connectivity index (χ3n) is 3.41. The number of phenols is 1. The molecule has 4 nitrogen and oxygen atoms in total. The second-order valence-electron chi connectivity index (χ2n) is 4.64. The molecule has 2 rings (SSSR count). The SMILES string of the molecule is NC1Cc2ccc(O)cc2C1CCCC(=O)O. The third-order valence-corrected chi connectivity index (χ3v) is 3.41. The largest absolute Gasteiger partial charge is 0.508 e. The van der Waals surface area contributed by atoms with Crippen molar-refractivity contribution in [3.63, 3.8) is 0 Å². The Hall–Kier alpha value is -1.55. The number of fused-ring (bicyclic) bond motifs is 1. The molecule has 0 radical (unpaired) electrons. The van der Waals surface area contributed by atoms with E-state index < -0.39 is 5.97 Å². The Balaban J connectivity index is 2.08. The van der Waals surface area contributed by atoms with Gasteiger partial charge in [-0.1, -0.05) is 6.07 Å². The maximum atomic E-state index is 10.5. The lowest BCUT2D eigenvalue weighted by atomic mass is 9.93. The molecule has 2 atom stereocenters. The van der Waals surface area contributed by atoms with Crippen molar-refractivity contribution in [3.8, 4) is 5.75 Å². The van der Waals surface area contributed by atoms with Crippen LogP contribution in [0.1, 0.15) is 36.3 Å². The molecular weight excluding hydrogens is 218 g/mol. The molecule has 0 aromatic heterocycles. The molecule has 1 aliphatic carbocycles. The maximum Gasteiger partial charge on any atom is 0.303 e. The highest BCUT2D eigenvalue weighted by Crippen LogP contribution is 2.37. The van der Waals surface area contributed by atoms with E-state index in [1.807, 2.05) is 6.07 Å². The number of benzene rings is 1. The van der Waals surface area contributed by atoms with Gasteiger partial charge in [0.05, 0.1) is 0 Å². The van der Waals surface area contributed by atoms with Crippen LogP contribution in [0.5, 0.6) is 5.75 Å². The number of carbonyl (C=O) groups is 1. The number of phenolic OH excluding ortho intramolecular Hbond substituents is 1. The smallest absolute Gasteiger partial charge is 0.303 e. The van der Waals surface area contributed by atoms with Crippen LogP contribution in [0.25, 0.3) is 0 Å². The van der Waals surface area contributed by atoms with E-state index in [4.69, 9.17) is 10.8 Å². The number of carboxylic acids is 1. The molecule has 0 bridgehead atoms. The summed E-state index contributed by atoms with van der Waals surface area (Å²) in [5, 5.41) is 18.1. The third kappa shape index (κ3) is 2.58. The molecule has 1 aromatic rings. The zero-order valence-corrected chi connectivity index (χ0v) is 9.60. The summed E-state index contributed by atoms with van der Waals surface area (Å²) in [5.41, 5.74) is 8.33. The zero-order valence-electron chi connectivity index (χ0n) is 9.60. The Bertz CT molecular complexity index is 431. The van der Waals surface area contributed by atoms with Crippen molar-refractivity contribution in [3.05, 3.63) is 29.3 Å². The molecular formula is C13H17NO3. The number of aromatic hydroxyl groups is 1. The summed E-state index contributed by atoms with van der Waals surface area (Å²) in [7, 11) is 0. The molecule has 0 fully saturated rings. The van der Waals surface area contributed by atoms with Crippen LogP contribution in [-0.2, 0) is 11.2 Å². The van der Waals surface area contributed by atoms with Gasteiger partial charge in [0.25, 0.3) is 0 Å². The molecule has 92 valence electrons. The fourth-order valence-corrected chi connectivity index (χ4v) is 2.58. The fraction of sp³-hybridized carbons (Fsp3) is 0.462. The average Bonchev–Trinajstić information content (AvgIpc) is 2.55. The van der Waals surface area contributed by atoms with Crippen molar-refractivity contribution < 1.29 is 15.0 Å². The first-order valence-corrected chi connectivity index (χ1v) is 5.87. The molecule has 4 N–H and O–H groups in total. The van der Waals surface area contributed by atoms with E-state index in [1.165, 1.54) is 5.56 Å². The van der Waals surface area contributed by atoms with Crippen molar-refractivity contribution in [2.75, 3.05) is 0 Å². The highest BCUT2D eigenvalue weighted by atomic mass is 16.4. The molecule has 0 saturated heterocycles. The van der Waals surface area contributed by atoms with Crippen LogP contribution < -0.4 is 5.73 Å². The number of carboxylic acid groups (broad SMARTS) is 1. The quantitative estimate of drug-likeness (QED) is 0.740. The van der Waals surface area contributed by atoms with Crippen molar-refractivity contribution in [2.45, 2.75) is 37.6 Å². The second kappa shape index (κ2) is 4.75. The topological polar surface area (TPSA) is 83.5 Å². The van der Waals surface area contributed by atoms with E-state index in [9.17, 15) is 9.90 Å². The standard InChI is InChI=1S/C13H17NO3/c14-12-6-8-4-5-9(15)7-11(8)10(12)2-1-3-13(16)17/h4-5,7,10,12,15H,1-3,6,14H2,(H,16,17). The molecule has 0 spiro atoms. The summed E-state index contributed by atoms with van der Waals surface area (Å²) >= 11 is 0. The normalized spacial score (nSPS) is 22.4. The summed E-state index contributed by atoms with van der Waals surface area (Å²) in [6.07, 6.45) is 2.39. The molecule has 0 heterocycles. The molecule has 17 heavy (non-hydrogen) atoms. The van der Waals surface area contributed by atoms with Crippen molar-refractivity contribution in [1.29, 1.82) is 0 Å². The second-order valence-corrected chi connectivity index (χ2v) is 4.64. The van der Waals surface area contributed by atoms with E-state index >= 15 is 0 Å². The van der Waals surface area contributed by atoms with Gasteiger partial charge in [0, 0.05) is 12.5 Å². The lowest BCUT2D eigenvalue weighted by Gasteiger charge is -2.16. The van der Waals surface area contributed by atoms with Gasteiger partial charge < -0.3 is 15.9 Å². The minimum Gasteiger partial charge on any atom is -0.508 e. The lowest BCUT2D eigenvalue weighted by Crippen LogP contribution is -2.25. The van der Waals surface area contributed by atoms with Gasteiger partial charge in [-0.05, 0) is 48.4 Å². The lowest BCUT2D eigenvalue weighted by molar-refractivity contribution is -0.137. The summed E-state index contributed by atoms with van der Waals surface area (Å²) in [5.74, 6) is -0.342. The average molecular weight is 235 g/mol. The Labute approximate surface area is 100 Å². The predicted molar refractivity (Wildman–Crippen MR) is 64.0 cm³/mol. The van der Waals surface area contributed by atoms with Crippen LogP contribution in [0.3, 0.4) is 0 Å². The minimum atomic E-state index is -0.771. The predicted octanol–water partition coefficient (Wildman–Crippen LogP) is 1.61. The van der Waals surface area contributed by atoms with Gasteiger partial charge in [-0.25, -0.2) is 0 Å². The maximum absolute atomic E-state index is 10.5. The van der Waals surface area contributed by atoms with Crippen LogP contribution in [0.15, 0.2) is 18.2 Å². The summed E-state index contributed by atoms with van der Waals surface area (Å²) < 4.78 is 0. The Morgan fingerprint density at radius 2 is 2.24 bits per heavy atom. The first-order chi connectivity index (χ1) is 8.08. The number of nitrogens with two attached hydrogens (primary N) is 1. The molecule has 2 unspecified atom stereocenters. The zero-order chi connectivity index (χ0) is 12.4. The van der Waals surface area contributed by atoms with Crippen molar-refractivity contribution >= 4 is 5.97 Å². The number of aliphatic carboxylic acids is 1. The van der Waals surface area contributed by atoms with Crippen LogP contribution in [0.2, 0.25) is 0 Å². The molecule has 0 aliphatic heterocycles. The van der Waals surface area contributed by atoms with Crippen LogP contribution in [-0.4, -0.2) is 22.2 Å². The Kier molecular flexibility index (Phi) is 3.33. The summed E-state index contributed by atoms with van der Waals surface area (Å²) in [6.45, 7) is 0. The Morgan fingerprint density at radius 1 is 1.47 bits per heavy atom. The number of rotatable bonds is 4. The number of hydrogen-bond acceptors (Lipinski definition) is 3. The van der Waals surface area contributed by atoms with Gasteiger partial charge in [0.1, 0.15) is 5.75 Å². The van der Waals surface area contributed by atoms with Gasteiger partial charge >= 0.3 is 5.97 Å². The van der Waals surface area contributed by atoms with Gasteiger partial charge in [0.2, 0.25) is 0 Å². The van der Waals surface area contributed by atoms with Crippen LogP contribution >= 0.6 is 0 Å². The molecule has 4 heteroatoms. The molecule has 1 aliphatic rings. The van der Waals surface area contributed by atoms with E-state index in [0.29, 0.717) is 6.42 Å². The van der Waals surface area contributed by atoms with E-state index in [1.54, 1.807) is 12.1 Å². The van der Waals surface area contributed by atoms with Crippen molar-refractivity contribution in [2.24, 2.45) is 5.73 Å². The van der Waals surface area contributed by atoms with Gasteiger partial charge in [-0.2, -0.15) is 0 Å². The Morgan fingerprint density at radius 3 is 2.94 bits per heavy atom. The van der Waals surface area contributed by atoms with E-state index in [2.05, 4.69) is 0 Å². The molecule has 1 aromatic carbocycles. The minimum absolute atomic E-state index is 0.0422. The summed E-state index contributed by atoms with van der Waals surface area (Å²) in [6, 6.07) is 5.38. The molecule has 0 amide bonds. The first kappa shape index (κ1) is 11.9. The van der Waals surface area contributed by atoms with Gasteiger partial charge in [0.15, 0.2) is 0 Å². The summed E-state index contributed by atoms with van der Waals surface area (Å²) in [4.78, 5) is 10.5. The molecule has 0 saturated carbocycles. The highest BCUT2D eigenvalue weighted by molar-refractivity contribution is 5.66. The van der Waals surface area contributed by atoms with Crippen LogP contribution in [0.4, 0.5) is 0 Å². The van der Waals surface area contributed by atoms with Crippen LogP contribution in [0, 0.1) is 0 Å². The van der Waals surface area contributed by atoms with Crippen molar-refractivity contribution in [1.82, 2.24) is 0 Å².